The van der Waals surface area contributed by atoms with Gasteiger partial charge in [0.1, 0.15) is 0 Å². The van der Waals surface area contributed by atoms with Crippen molar-refractivity contribution in [2.24, 2.45) is 0 Å². The van der Waals surface area contributed by atoms with E-state index < -0.39 is 0 Å². The highest BCUT2D eigenvalue weighted by Crippen LogP contribution is 2.32. The van der Waals surface area contributed by atoms with Crippen LogP contribution in [0.2, 0.25) is 5.02 Å². The van der Waals surface area contributed by atoms with E-state index in [9.17, 15) is 0 Å². The van der Waals surface area contributed by atoms with Crippen LogP contribution in [0.4, 0.5) is 5.69 Å². The van der Waals surface area contributed by atoms with Gasteiger partial charge in [-0.2, -0.15) is 0 Å². The zero-order valence-electron chi connectivity index (χ0n) is 14.7. The third kappa shape index (κ3) is 5.63. The van der Waals surface area contributed by atoms with Crippen molar-refractivity contribution in [3.8, 4) is 0 Å². The molecule has 0 saturated carbocycles. The first-order valence-corrected chi connectivity index (χ1v) is 8.77. The number of aryl methyl sites for hydroxylation is 2. The molecule has 124 valence electrons. The molecule has 2 aromatic carbocycles. The highest BCUT2D eigenvalue weighted by atomic mass is 35.5. The Morgan fingerprint density at radius 1 is 1.00 bits per heavy atom. The first-order chi connectivity index (χ1) is 10.8. The molecule has 2 rings (SSSR count). The molecule has 0 atom stereocenters. The largest absolute Gasteiger partial charge is 0.325 e. The average molecular weight is 348 g/mol. The Morgan fingerprint density at radius 2 is 1.65 bits per heavy atom. The highest BCUT2D eigenvalue weighted by Gasteiger charge is 2.14. The lowest BCUT2D eigenvalue weighted by atomic mass is 9.86. The Hall–Kier alpha value is -1.38. The van der Waals surface area contributed by atoms with Crippen LogP contribution in [-0.4, -0.2) is 0 Å². The standard InChI is InChI=1S/C18H22ClNS.C2H4/c1-12-6-8-15(19)17(10-12)21-20-16-9-7-14(11-13(16)2)18(3,4)5;1-2/h6-11,20H,1-5H3;1-2H2. The van der Waals surface area contributed by atoms with Gasteiger partial charge in [-0.3, -0.25) is 0 Å². The molecule has 23 heavy (non-hydrogen) atoms. The van der Waals surface area contributed by atoms with Gasteiger partial charge >= 0.3 is 0 Å². The summed E-state index contributed by atoms with van der Waals surface area (Å²) in [7, 11) is 0. The molecule has 3 heteroatoms. The maximum Gasteiger partial charge on any atom is 0.0559 e. The van der Waals surface area contributed by atoms with E-state index >= 15 is 0 Å². The number of rotatable bonds is 3. The Bertz CT molecular complexity index is 659. The molecular weight excluding hydrogens is 322 g/mol. The summed E-state index contributed by atoms with van der Waals surface area (Å²) in [5, 5.41) is 0.780. The molecular formula is C20H26ClNS. The van der Waals surface area contributed by atoms with Gasteiger partial charge in [0.15, 0.2) is 0 Å². The fourth-order valence-electron chi connectivity index (χ4n) is 2.04. The lowest BCUT2D eigenvalue weighted by Crippen LogP contribution is -2.11. The van der Waals surface area contributed by atoms with E-state index in [1.807, 2.05) is 12.1 Å². The number of hydrogen-bond donors (Lipinski definition) is 1. The highest BCUT2D eigenvalue weighted by molar-refractivity contribution is 8.00. The molecule has 0 aliphatic rings. The SMILES string of the molecule is C=C.Cc1ccc(Cl)c(SNc2ccc(C(C)(C)C)cc2C)c1. The number of nitrogens with one attached hydrogen (secondary N) is 1. The minimum absolute atomic E-state index is 0.177. The third-order valence-corrected chi connectivity index (χ3v) is 4.77. The summed E-state index contributed by atoms with van der Waals surface area (Å²) in [5.74, 6) is 0. The lowest BCUT2D eigenvalue weighted by molar-refractivity contribution is 0.590. The molecule has 0 spiro atoms. The van der Waals surface area contributed by atoms with Crippen molar-refractivity contribution in [1.29, 1.82) is 0 Å². The first kappa shape index (κ1) is 19.7. The molecule has 0 unspecified atom stereocenters. The number of benzene rings is 2. The second-order valence-corrected chi connectivity index (χ2v) is 7.67. The van der Waals surface area contributed by atoms with Gasteiger partial charge in [0.25, 0.3) is 0 Å². The maximum atomic E-state index is 6.23. The van der Waals surface area contributed by atoms with E-state index in [0.717, 1.165) is 15.6 Å². The minimum Gasteiger partial charge on any atom is -0.325 e. The minimum atomic E-state index is 0.177. The van der Waals surface area contributed by atoms with Crippen molar-refractivity contribution in [2.75, 3.05) is 4.72 Å². The van der Waals surface area contributed by atoms with Crippen molar-refractivity contribution >= 4 is 29.2 Å². The van der Waals surface area contributed by atoms with E-state index in [2.05, 4.69) is 76.8 Å². The molecule has 0 radical (unpaired) electrons. The van der Waals surface area contributed by atoms with Gasteiger partial charge in [0.2, 0.25) is 0 Å². The molecule has 2 aromatic rings. The Kier molecular flexibility index (Phi) is 7.24. The van der Waals surface area contributed by atoms with Crippen molar-refractivity contribution in [3.05, 3.63) is 71.3 Å². The first-order valence-electron chi connectivity index (χ1n) is 7.57. The number of hydrogen-bond acceptors (Lipinski definition) is 2. The molecule has 0 amide bonds. The van der Waals surface area contributed by atoms with Gasteiger partial charge in [-0.05, 0) is 66.1 Å². The van der Waals surface area contributed by atoms with Crippen LogP contribution in [0.15, 0.2) is 54.5 Å². The van der Waals surface area contributed by atoms with Gasteiger partial charge < -0.3 is 4.72 Å². The molecule has 0 aromatic heterocycles. The molecule has 0 bridgehead atoms. The molecule has 0 aliphatic carbocycles. The number of anilines is 1. The van der Waals surface area contributed by atoms with E-state index in [-0.39, 0.29) is 5.41 Å². The summed E-state index contributed by atoms with van der Waals surface area (Å²) in [5.41, 5.74) is 5.12. The van der Waals surface area contributed by atoms with Crippen LogP contribution in [0, 0.1) is 13.8 Å². The van der Waals surface area contributed by atoms with Crippen LogP contribution in [0.1, 0.15) is 37.5 Å². The molecule has 1 N–H and O–H groups in total. The monoisotopic (exact) mass is 347 g/mol. The van der Waals surface area contributed by atoms with E-state index in [1.165, 1.54) is 16.7 Å². The molecule has 0 aliphatic heterocycles. The summed E-state index contributed by atoms with van der Waals surface area (Å²) >= 11 is 7.79. The number of halogens is 1. The smallest absolute Gasteiger partial charge is 0.0559 e. The van der Waals surface area contributed by atoms with Gasteiger partial charge in [-0.15, -0.1) is 13.2 Å². The van der Waals surface area contributed by atoms with Gasteiger partial charge in [-0.25, -0.2) is 0 Å². The van der Waals surface area contributed by atoms with Crippen molar-refractivity contribution in [1.82, 2.24) is 0 Å². The molecule has 0 heterocycles. The Morgan fingerprint density at radius 3 is 2.22 bits per heavy atom. The van der Waals surface area contributed by atoms with Crippen LogP contribution in [-0.2, 0) is 5.41 Å². The molecule has 0 saturated heterocycles. The van der Waals surface area contributed by atoms with Crippen molar-refractivity contribution < 1.29 is 0 Å². The van der Waals surface area contributed by atoms with Gasteiger partial charge in [0, 0.05) is 10.6 Å². The second-order valence-electron chi connectivity index (χ2n) is 6.42. The summed E-state index contributed by atoms with van der Waals surface area (Å²) in [4.78, 5) is 1.05. The predicted octanol–water partition coefficient (Wildman–Crippen LogP) is 7.18. The van der Waals surface area contributed by atoms with Crippen molar-refractivity contribution in [2.45, 2.75) is 44.9 Å². The predicted molar refractivity (Wildman–Crippen MR) is 107 cm³/mol. The topological polar surface area (TPSA) is 12.0 Å². The van der Waals surface area contributed by atoms with Crippen molar-refractivity contribution in [3.63, 3.8) is 0 Å². The summed E-state index contributed by atoms with van der Waals surface area (Å²) in [6, 6.07) is 12.6. The van der Waals surface area contributed by atoms with Gasteiger partial charge in [0.05, 0.1) is 5.02 Å². The van der Waals surface area contributed by atoms with Crippen LogP contribution >= 0.6 is 23.5 Å². The normalized spacial score (nSPS) is 10.7. The van der Waals surface area contributed by atoms with Crippen LogP contribution in [0.3, 0.4) is 0 Å². The van der Waals surface area contributed by atoms with E-state index in [4.69, 9.17) is 11.6 Å². The second kappa shape index (κ2) is 8.47. The quantitative estimate of drug-likeness (QED) is 0.466. The fraction of sp³-hybridized carbons (Fsp3) is 0.300. The fourth-order valence-corrected chi connectivity index (χ4v) is 3.14. The molecule has 0 fully saturated rings. The summed E-state index contributed by atoms with van der Waals surface area (Å²) in [6.45, 7) is 16.9. The van der Waals surface area contributed by atoms with Crippen LogP contribution in [0.25, 0.3) is 0 Å². The summed E-state index contributed by atoms with van der Waals surface area (Å²) in [6.07, 6.45) is 0. The van der Waals surface area contributed by atoms with Crippen LogP contribution in [0.5, 0.6) is 0 Å². The van der Waals surface area contributed by atoms with E-state index in [0.29, 0.717) is 0 Å². The average Bonchev–Trinajstić information content (AvgIpc) is 2.50. The third-order valence-electron chi connectivity index (χ3n) is 3.45. The maximum absolute atomic E-state index is 6.23. The summed E-state index contributed by atoms with van der Waals surface area (Å²) < 4.78 is 3.41. The van der Waals surface area contributed by atoms with E-state index in [1.54, 1.807) is 11.9 Å². The zero-order chi connectivity index (χ0) is 17.6. The Labute approximate surface area is 150 Å². The Balaban J connectivity index is 0.00000127. The van der Waals surface area contributed by atoms with Gasteiger partial charge in [-0.1, -0.05) is 50.6 Å². The zero-order valence-corrected chi connectivity index (χ0v) is 16.2. The lowest BCUT2D eigenvalue weighted by Gasteiger charge is -2.21. The molecule has 1 nitrogen and oxygen atoms in total. The van der Waals surface area contributed by atoms with Crippen LogP contribution < -0.4 is 4.72 Å².